The van der Waals surface area contributed by atoms with E-state index in [9.17, 15) is 43.8 Å². The van der Waals surface area contributed by atoms with Crippen LogP contribution in [-0.2, 0) is 68.3 Å². The largest absolute Gasteiger partial charge is 0.472 e. The van der Waals surface area contributed by atoms with E-state index in [0.29, 0.717) is 0 Å². The number of nitrogens with zero attached hydrogens (tertiary/aromatic N) is 1. The highest BCUT2D eigenvalue weighted by molar-refractivity contribution is 5.91. The van der Waals surface area contributed by atoms with Crippen LogP contribution in [0, 0.1) is 17.3 Å². The fourth-order valence-corrected chi connectivity index (χ4v) is 9.22. The van der Waals surface area contributed by atoms with Gasteiger partial charge in [0.15, 0.2) is 23.9 Å². The van der Waals surface area contributed by atoms with E-state index >= 15 is 0 Å². The van der Waals surface area contributed by atoms with Gasteiger partial charge in [0.2, 0.25) is 0 Å². The van der Waals surface area contributed by atoms with Gasteiger partial charge >= 0.3 is 41.8 Å². The number of hydrogen-bond acceptors (Lipinski definition) is 19. The number of aromatic nitrogens is 1. The normalized spacial score (nSPS) is 36.8. The van der Waals surface area contributed by atoms with Crippen molar-refractivity contribution in [3.8, 4) is 0 Å². The fourth-order valence-electron chi connectivity index (χ4n) is 9.22. The highest BCUT2D eigenvalue weighted by atomic mass is 16.7. The average molecular weight is 816 g/mol. The molecule has 4 bridgehead atoms. The van der Waals surface area contributed by atoms with E-state index in [1.54, 1.807) is 0 Å². The molecule has 4 aliphatic rings. The van der Waals surface area contributed by atoms with Crippen molar-refractivity contribution in [2.24, 2.45) is 17.3 Å². The van der Waals surface area contributed by atoms with Gasteiger partial charge in [-0.1, -0.05) is 6.92 Å². The zero-order valence-corrected chi connectivity index (χ0v) is 32.8. The Kier molecular flexibility index (Phi) is 11.2. The Bertz CT molecular complexity index is 1980. The number of aliphatic hydroxyl groups is 2. The van der Waals surface area contributed by atoms with Crippen LogP contribution in [0.2, 0.25) is 0 Å². The van der Waals surface area contributed by atoms with Gasteiger partial charge in [0.1, 0.15) is 54.4 Å². The third kappa shape index (κ3) is 6.77. The van der Waals surface area contributed by atoms with E-state index < -0.39 is 126 Å². The highest BCUT2D eigenvalue weighted by Crippen LogP contribution is 2.69. The van der Waals surface area contributed by atoms with Crippen LogP contribution in [-0.4, -0.2) is 124 Å². The van der Waals surface area contributed by atoms with E-state index in [-0.39, 0.29) is 29.7 Å². The molecule has 58 heavy (non-hydrogen) atoms. The smallest absolute Gasteiger partial charge is 0.341 e. The lowest BCUT2D eigenvalue weighted by atomic mass is 9.45. The van der Waals surface area contributed by atoms with Crippen molar-refractivity contribution in [1.29, 1.82) is 0 Å². The number of fused-ring (bicyclic) bond motifs is 5. The average Bonchev–Trinajstić information content (AvgIpc) is 3.76. The zero-order chi connectivity index (χ0) is 42.5. The van der Waals surface area contributed by atoms with Gasteiger partial charge in [-0.3, -0.25) is 29.0 Å². The first-order chi connectivity index (χ1) is 27.2. The van der Waals surface area contributed by atoms with E-state index in [4.69, 9.17) is 42.3 Å². The van der Waals surface area contributed by atoms with Crippen molar-refractivity contribution in [3.63, 3.8) is 0 Å². The number of furan rings is 1. The Morgan fingerprint density at radius 2 is 1.59 bits per heavy atom. The van der Waals surface area contributed by atoms with Gasteiger partial charge in [-0.15, -0.1) is 0 Å². The number of aliphatic hydroxyl groups excluding tert-OH is 1. The van der Waals surface area contributed by atoms with Crippen LogP contribution in [0.5, 0.6) is 0 Å². The molecule has 19 heteroatoms. The van der Waals surface area contributed by atoms with Crippen molar-refractivity contribution < 1.29 is 86.1 Å². The molecule has 2 aliphatic heterocycles. The molecule has 1 spiro atoms. The molecule has 2 saturated carbocycles. The van der Waals surface area contributed by atoms with Crippen LogP contribution in [0.1, 0.15) is 81.3 Å². The maximum absolute atomic E-state index is 14.1. The summed E-state index contributed by atoms with van der Waals surface area (Å²) in [5.74, 6) is -9.54. The monoisotopic (exact) mass is 815 g/mol. The predicted octanol–water partition coefficient (Wildman–Crippen LogP) is 1.18. The molecule has 0 aromatic carbocycles. The first-order valence-corrected chi connectivity index (χ1v) is 18.5. The van der Waals surface area contributed by atoms with Gasteiger partial charge in [-0.2, -0.15) is 0 Å². The van der Waals surface area contributed by atoms with Crippen LogP contribution in [0.4, 0.5) is 0 Å². The van der Waals surface area contributed by atoms with Crippen LogP contribution in [0.25, 0.3) is 0 Å². The molecule has 2 aliphatic carbocycles. The van der Waals surface area contributed by atoms with Crippen LogP contribution in [0.3, 0.4) is 0 Å². The lowest BCUT2D eigenvalue weighted by Gasteiger charge is -2.67. The Balaban J connectivity index is 1.72. The van der Waals surface area contributed by atoms with Crippen molar-refractivity contribution in [1.82, 2.24) is 4.98 Å². The number of rotatable bonds is 7. The number of ether oxygens (including phenoxy) is 8. The Morgan fingerprint density at radius 1 is 0.914 bits per heavy atom. The van der Waals surface area contributed by atoms with Gasteiger partial charge in [0.25, 0.3) is 0 Å². The Hall–Kier alpha value is -5.40. The molecule has 2 aromatic rings. The number of pyridine rings is 1. The van der Waals surface area contributed by atoms with Crippen molar-refractivity contribution in [2.45, 2.75) is 115 Å². The van der Waals surface area contributed by atoms with Crippen LogP contribution in [0.15, 0.2) is 41.3 Å². The van der Waals surface area contributed by atoms with Gasteiger partial charge in [0.05, 0.1) is 34.9 Å². The Morgan fingerprint density at radius 3 is 2.21 bits per heavy atom. The number of esters is 7. The molecule has 2 N–H and O–H groups in total. The molecule has 1 saturated heterocycles. The van der Waals surface area contributed by atoms with Gasteiger partial charge in [-0.05, 0) is 44.9 Å². The SMILES string of the molecule is CC(=O)OC[C@]12[C@H](OC(C)=O)[C@H](OC(C)=O)[C@@H]3[C@@H](OC(C)=O)[C@@]14O[C@@]3(C)COC(=O)c1cccnc1CC[C@@H](C)C(=O)O[C@@H]([C@H](OC(=O)c1ccoc1)[C@@H]2O)[C@]4(C)O. The zero-order valence-electron chi connectivity index (χ0n) is 32.8. The number of hydrogen-bond donors (Lipinski definition) is 2. The topological polar surface area (TPSA) is 260 Å². The summed E-state index contributed by atoms with van der Waals surface area (Å²) in [6.45, 7) is 6.18. The summed E-state index contributed by atoms with van der Waals surface area (Å²) in [4.78, 5) is 98.2. The number of cyclic esters (lactones) is 1. The minimum absolute atomic E-state index is 0.0307. The molecule has 19 nitrogen and oxygen atoms in total. The van der Waals surface area contributed by atoms with E-state index in [0.717, 1.165) is 47.1 Å². The summed E-state index contributed by atoms with van der Waals surface area (Å²) in [5.41, 5.74) is -10.1. The van der Waals surface area contributed by atoms with Crippen LogP contribution < -0.4 is 0 Å². The van der Waals surface area contributed by atoms with Crippen molar-refractivity contribution in [3.05, 3.63) is 53.7 Å². The van der Waals surface area contributed by atoms with E-state index in [1.807, 2.05) is 0 Å². The first-order valence-electron chi connectivity index (χ1n) is 18.5. The Labute approximate surface area is 331 Å². The summed E-state index contributed by atoms with van der Waals surface area (Å²) >= 11 is 0. The predicted molar refractivity (Wildman–Crippen MR) is 188 cm³/mol. The second kappa shape index (κ2) is 15.4. The molecular weight excluding hydrogens is 770 g/mol. The minimum atomic E-state index is -2.83. The molecule has 0 amide bonds. The fraction of sp³-hybridized carbons (Fsp3) is 0.590. The second-order valence-electron chi connectivity index (χ2n) is 15.5. The van der Waals surface area contributed by atoms with E-state index in [2.05, 4.69) is 4.98 Å². The highest BCUT2D eigenvalue weighted by Gasteiger charge is 2.91. The molecule has 2 aromatic heterocycles. The van der Waals surface area contributed by atoms with E-state index in [1.165, 1.54) is 38.2 Å². The van der Waals surface area contributed by atoms with Gasteiger partial charge < -0.3 is 52.5 Å². The number of aryl methyl sites for hydroxylation is 1. The standard InChI is InChI=1S/C39H45NO18/c1-18-10-11-25-24(9-8-13-40-25)35(48)52-16-36(6)26-27(53-20(3)42)32(55-22(5)44)38(17-51-19(2)41)29(45)28(56-34(47)23-12-14-50-15-23)31(57-33(18)46)37(7,49)39(38,58-36)30(26)54-21(4)43/h8-9,12-15,18,26-32,45,49H,10-11,16-17H2,1-7H3/t18-,26-,27-,28-,29+,30-,31+,32-,36+,37+,38+,39+/m1/s1. The maximum Gasteiger partial charge on any atom is 0.341 e. The lowest BCUT2D eigenvalue weighted by Crippen LogP contribution is -2.89. The first kappa shape index (κ1) is 42.2. The molecule has 12 atom stereocenters. The second-order valence-corrected chi connectivity index (χ2v) is 15.5. The third-order valence-corrected chi connectivity index (χ3v) is 11.6. The molecule has 0 unspecified atom stereocenters. The number of carbonyl (C=O) groups excluding carboxylic acids is 7. The summed E-state index contributed by atoms with van der Waals surface area (Å²) in [7, 11) is 0. The van der Waals surface area contributed by atoms with Gasteiger partial charge in [-0.25, -0.2) is 9.59 Å². The molecular formula is C39H45NO18. The van der Waals surface area contributed by atoms with Crippen molar-refractivity contribution in [2.75, 3.05) is 13.2 Å². The lowest BCUT2D eigenvalue weighted by molar-refractivity contribution is -0.385. The molecule has 4 heterocycles. The third-order valence-electron chi connectivity index (χ3n) is 11.6. The summed E-state index contributed by atoms with van der Waals surface area (Å²) < 4.78 is 53.2. The molecule has 6 rings (SSSR count). The molecule has 3 fully saturated rings. The quantitative estimate of drug-likeness (QED) is 0.294. The van der Waals surface area contributed by atoms with Crippen molar-refractivity contribution >= 4 is 41.8 Å². The number of carbonyl (C=O) groups is 7. The van der Waals surface area contributed by atoms with Crippen LogP contribution >= 0.6 is 0 Å². The summed E-state index contributed by atoms with van der Waals surface area (Å²) in [6, 6.07) is 4.19. The summed E-state index contributed by atoms with van der Waals surface area (Å²) in [6.07, 6.45) is -8.58. The molecule has 314 valence electrons. The molecule has 0 radical (unpaired) electrons. The minimum Gasteiger partial charge on any atom is -0.472 e. The maximum atomic E-state index is 14.1. The summed E-state index contributed by atoms with van der Waals surface area (Å²) in [5, 5.41) is 26.4. The van der Waals surface area contributed by atoms with Gasteiger partial charge in [0, 0.05) is 33.9 Å².